The predicted octanol–water partition coefficient (Wildman–Crippen LogP) is 4.68. The molecule has 0 spiro atoms. The van der Waals surface area contributed by atoms with Gasteiger partial charge in [0.2, 0.25) is 5.91 Å². The molecule has 0 aliphatic carbocycles. The Bertz CT molecular complexity index is 1180. The van der Waals surface area contributed by atoms with Gasteiger partial charge in [0.15, 0.2) is 0 Å². The van der Waals surface area contributed by atoms with Gasteiger partial charge in [0.05, 0.1) is 21.8 Å². The molecule has 0 unspecified atom stereocenters. The predicted molar refractivity (Wildman–Crippen MR) is 107 cm³/mol. The van der Waals surface area contributed by atoms with E-state index in [1.54, 1.807) is 6.07 Å². The molecule has 0 heterocycles. The van der Waals surface area contributed by atoms with Gasteiger partial charge >= 0.3 is 6.18 Å². The zero-order chi connectivity index (χ0) is 22.6. The van der Waals surface area contributed by atoms with Crippen molar-refractivity contribution in [2.45, 2.75) is 11.1 Å². The Balaban J connectivity index is 2.01. The summed E-state index contributed by atoms with van der Waals surface area (Å²) >= 11 is 0. The van der Waals surface area contributed by atoms with Crippen LogP contribution in [0.4, 0.5) is 28.9 Å². The van der Waals surface area contributed by atoms with E-state index in [9.17, 15) is 30.8 Å². The quantitative estimate of drug-likeness (QED) is 0.553. The van der Waals surface area contributed by atoms with Crippen LogP contribution in [0.25, 0.3) is 0 Å². The zero-order valence-electron chi connectivity index (χ0n) is 15.8. The van der Waals surface area contributed by atoms with Gasteiger partial charge in [0, 0.05) is 0 Å². The number of halogens is 4. The van der Waals surface area contributed by atoms with Crippen LogP contribution in [0.2, 0.25) is 0 Å². The van der Waals surface area contributed by atoms with E-state index in [4.69, 9.17) is 0 Å². The van der Waals surface area contributed by atoms with E-state index in [-0.39, 0.29) is 16.3 Å². The SMILES string of the molecule is O=C(CN(c1cccc(C(F)(F)F)c1)S(=O)(=O)c1ccccc1)Nc1ccccc1F. The van der Waals surface area contributed by atoms with Crippen LogP contribution >= 0.6 is 0 Å². The lowest BCUT2D eigenvalue weighted by molar-refractivity contribution is -0.137. The minimum Gasteiger partial charge on any atom is -0.322 e. The Morgan fingerprint density at radius 3 is 2.19 bits per heavy atom. The summed E-state index contributed by atoms with van der Waals surface area (Å²) in [5.41, 5.74) is -1.62. The second-order valence-corrected chi connectivity index (χ2v) is 8.26. The molecule has 0 saturated heterocycles. The van der Waals surface area contributed by atoms with Crippen molar-refractivity contribution in [2.24, 2.45) is 0 Å². The first-order chi connectivity index (χ1) is 14.6. The van der Waals surface area contributed by atoms with Gasteiger partial charge < -0.3 is 5.32 Å². The molecule has 162 valence electrons. The highest BCUT2D eigenvalue weighted by atomic mass is 32.2. The van der Waals surface area contributed by atoms with Crippen molar-refractivity contribution < 1.29 is 30.8 Å². The fourth-order valence-corrected chi connectivity index (χ4v) is 4.19. The van der Waals surface area contributed by atoms with Crippen LogP contribution in [0.1, 0.15) is 5.56 Å². The molecule has 3 aromatic carbocycles. The van der Waals surface area contributed by atoms with Gasteiger partial charge in [-0.25, -0.2) is 12.8 Å². The molecule has 10 heteroatoms. The highest BCUT2D eigenvalue weighted by molar-refractivity contribution is 7.92. The number of nitrogens with zero attached hydrogens (tertiary/aromatic N) is 1. The number of hydrogen-bond acceptors (Lipinski definition) is 3. The molecule has 3 rings (SSSR count). The zero-order valence-corrected chi connectivity index (χ0v) is 16.6. The molecule has 0 atom stereocenters. The molecule has 0 aliphatic heterocycles. The summed E-state index contributed by atoms with van der Waals surface area (Å²) < 4.78 is 80.1. The molecule has 1 N–H and O–H groups in total. The Morgan fingerprint density at radius 2 is 1.55 bits per heavy atom. The summed E-state index contributed by atoms with van der Waals surface area (Å²) in [5.74, 6) is -1.67. The van der Waals surface area contributed by atoms with Gasteiger partial charge in [0.1, 0.15) is 12.4 Å². The molecular weight excluding hydrogens is 436 g/mol. The average molecular weight is 452 g/mol. The topological polar surface area (TPSA) is 66.5 Å². The van der Waals surface area contributed by atoms with Crippen LogP contribution in [-0.4, -0.2) is 20.9 Å². The van der Waals surface area contributed by atoms with E-state index in [1.165, 1.54) is 42.5 Å². The fraction of sp³-hybridized carbons (Fsp3) is 0.0952. The Hall–Kier alpha value is -3.40. The third kappa shape index (κ3) is 5.21. The first-order valence-electron chi connectivity index (χ1n) is 8.88. The number of para-hydroxylation sites is 1. The summed E-state index contributed by atoms with van der Waals surface area (Å²) in [4.78, 5) is 12.3. The molecule has 0 radical (unpaired) electrons. The molecule has 0 saturated carbocycles. The maximum absolute atomic E-state index is 13.8. The Labute approximate surface area is 176 Å². The molecule has 0 aliphatic rings. The number of anilines is 2. The maximum Gasteiger partial charge on any atom is 0.416 e. The summed E-state index contributed by atoms with van der Waals surface area (Å²) in [6.45, 7) is -0.868. The van der Waals surface area contributed by atoms with Crippen LogP contribution in [-0.2, 0) is 21.0 Å². The van der Waals surface area contributed by atoms with Crippen molar-refractivity contribution in [2.75, 3.05) is 16.2 Å². The molecule has 1 amide bonds. The molecule has 0 aromatic heterocycles. The van der Waals surface area contributed by atoms with Crippen molar-refractivity contribution in [3.05, 3.63) is 90.2 Å². The number of benzene rings is 3. The maximum atomic E-state index is 13.8. The molecule has 3 aromatic rings. The first-order valence-corrected chi connectivity index (χ1v) is 10.3. The lowest BCUT2D eigenvalue weighted by Crippen LogP contribution is -2.38. The third-order valence-corrected chi connectivity index (χ3v) is 6.02. The molecule has 0 bridgehead atoms. The summed E-state index contributed by atoms with van der Waals surface area (Å²) in [6.07, 6.45) is -4.71. The van der Waals surface area contributed by atoms with E-state index in [0.717, 1.165) is 24.3 Å². The number of hydrogen-bond donors (Lipinski definition) is 1. The number of amides is 1. The van der Waals surface area contributed by atoms with Crippen LogP contribution in [0.15, 0.2) is 83.8 Å². The fourth-order valence-electron chi connectivity index (χ4n) is 2.75. The lowest BCUT2D eigenvalue weighted by atomic mass is 10.2. The minimum absolute atomic E-state index is 0.186. The van der Waals surface area contributed by atoms with Crippen LogP contribution in [0.5, 0.6) is 0 Å². The number of carbonyl (C=O) groups is 1. The number of sulfonamides is 1. The number of nitrogens with one attached hydrogen (secondary N) is 1. The second-order valence-electron chi connectivity index (χ2n) is 6.40. The van der Waals surface area contributed by atoms with Gasteiger partial charge in [-0.05, 0) is 42.5 Å². The minimum atomic E-state index is -4.71. The van der Waals surface area contributed by atoms with Crippen LogP contribution in [0.3, 0.4) is 0 Å². The number of carbonyl (C=O) groups excluding carboxylic acids is 1. The summed E-state index contributed by atoms with van der Waals surface area (Å²) in [5, 5.41) is 2.24. The van der Waals surface area contributed by atoms with Gasteiger partial charge in [0.25, 0.3) is 10.0 Å². The van der Waals surface area contributed by atoms with Crippen molar-refractivity contribution in [1.29, 1.82) is 0 Å². The van der Waals surface area contributed by atoms with Crippen LogP contribution in [0, 0.1) is 5.82 Å². The van der Waals surface area contributed by atoms with Gasteiger partial charge in [-0.2, -0.15) is 13.2 Å². The Kier molecular flexibility index (Phi) is 6.30. The molecular formula is C21H16F4N2O3S. The van der Waals surface area contributed by atoms with E-state index < -0.39 is 40.0 Å². The monoisotopic (exact) mass is 452 g/mol. The summed E-state index contributed by atoms with van der Waals surface area (Å²) in [7, 11) is -4.40. The summed E-state index contributed by atoms with van der Waals surface area (Å²) in [6, 6.07) is 15.8. The third-order valence-electron chi connectivity index (χ3n) is 4.23. The van der Waals surface area contributed by atoms with Crippen molar-refractivity contribution in [3.8, 4) is 0 Å². The lowest BCUT2D eigenvalue weighted by Gasteiger charge is -2.25. The highest BCUT2D eigenvalue weighted by Gasteiger charge is 2.33. The van der Waals surface area contributed by atoms with Crippen molar-refractivity contribution in [3.63, 3.8) is 0 Å². The number of rotatable bonds is 6. The molecule has 5 nitrogen and oxygen atoms in total. The molecule has 31 heavy (non-hydrogen) atoms. The highest BCUT2D eigenvalue weighted by Crippen LogP contribution is 2.33. The average Bonchev–Trinajstić information content (AvgIpc) is 2.74. The number of alkyl halides is 3. The largest absolute Gasteiger partial charge is 0.416 e. The van der Waals surface area contributed by atoms with E-state index in [2.05, 4.69) is 5.32 Å². The van der Waals surface area contributed by atoms with E-state index in [0.29, 0.717) is 10.4 Å². The second kappa shape index (κ2) is 8.76. The van der Waals surface area contributed by atoms with Gasteiger partial charge in [-0.3, -0.25) is 9.10 Å². The molecule has 0 fully saturated rings. The van der Waals surface area contributed by atoms with Crippen molar-refractivity contribution in [1.82, 2.24) is 0 Å². The normalized spacial score (nSPS) is 11.7. The smallest absolute Gasteiger partial charge is 0.322 e. The van der Waals surface area contributed by atoms with E-state index in [1.807, 2.05) is 0 Å². The van der Waals surface area contributed by atoms with Gasteiger partial charge in [-0.15, -0.1) is 0 Å². The first kappa shape index (κ1) is 22.3. The van der Waals surface area contributed by atoms with Crippen molar-refractivity contribution >= 4 is 27.3 Å². The van der Waals surface area contributed by atoms with E-state index >= 15 is 0 Å². The van der Waals surface area contributed by atoms with Crippen LogP contribution < -0.4 is 9.62 Å². The standard InChI is InChI=1S/C21H16F4N2O3S/c22-18-11-4-5-12-19(18)26-20(28)14-27(31(29,30)17-9-2-1-3-10-17)16-8-6-7-15(13-16)21(23,24)25/h1-13H,14H2,(H,26,28). The Morgan fingerprint density at radius 1 is 0.903 bits per heavy atom. The van der Waals surface area contributed by atoms with Gasteiger partial charge in [-0.1, -0.05) is 36.4 Å².